The van der Waals surface area contributed by atoms with Crippen LogP contribution in [0.2, 0.25) is 0 Å². The molecular formula is C20H16BrNO4. The van der Waals surface area contributed by atoms with Crippen molar-refractivity contribution in [1.82, 2.24) is 0 Å². The lowest BCUT2D eigenvalue weighted by atomic mass is 10.1. The molecule has 1 heterocycles. The smallest absolute Gasteiger partial charge is 0.363 e. The molecule has 0 fully saturated rings. The van der Waals surface area contributed by atoms with Gasteiger partial charge in [-0.25, -0.2) is 9.79 Å². The first-order valence-electron chi connectivity index (χ1n) is 8.06. The minimum absolute atomic E-state index is 0.147. The van der Waals surface area contributed by atoms with Crippen LogP contribution in [0.1, 0.15) is 30.0 Å². The monoisotopic (exact) mass is 413 g/mol. The first-order valence-corrected chi connectivity index (χ1v) is 8.85. The van der Waals surface area contributed by atoms with Gasteiger partial charge in [0.1, 0.15) is 5.75 Å². The fraction of sp³-hybridized carbons (Fsp3) is 0.150. The van der Waals surface area contributed by atoms with Crippen LogP contribution >= 0.6 is 15.9 Å². The third-order valence-corrected chi connectivity index (χ3v) is 4.16. The molecule has 0 saturated heterocycles. The molecular weight excluding hydrogens is 398 g/mol. The zero-order chi connectivity index (χ0) is 18.7. The van der Waals surface area contributed by atoms with E-state index in [4.69, 9.17) is 9.47 Å². The van der Waals surface area contributed by atoms with Crippen LogP contribution in [0, 0.1) is 6.92 Å². The average Bonchev–Trinajstić information content (AvgIpc) is 2.98. The SMILES string of the molecule is CCC(=O)Oc1ccc(Br)cc1/C=C1\N=C(c2cccc(C)c2)OC1=O. The van der Waals surface area contributed by atoms with Gasteiger partial charge in [0.15, 0.2) is 5.70 Å². The van der Waals surface area contributed by atoms with Gasteiger partial charge in [0.2, 0.25) is 5.90 Å². The van der Waals surface area contributed by atoms with Crippen molar-refractivity contribution in [3.8, 4) is 5.75 Å². The van der Waals surface area contributed by atoms with Gasteiger partial charge in [0.25, 0.3) is 0 Å². The van der Waals surface area contributed by atoms with Crippen molar-refractivity contribution < 1.29 is 19.1 Å². The van der Waals surface area contributed by atoms with E-state index in [-0.39, 0.29) is 24.0 Å². The summed E-state index contributed by atoms with van der Waals surface area (Å²) in [6.07, 6.45) is 1.80. The van der Waals surface area contributed by atoms with E-state index in [1.807, 2.05) is 31.2 Å². The highest BCUT2D eigenvalue weighted by atomic mass is 79.9. The Morgan fingerprint density at radius 1 is 1.27 bits per heavy atom. The molecule has 0 saturated carbocycles. The molecule has 2 aromatic rings. The van der Waals surface area contributed by atoms with Crippen molar-refractivity contribution in [2.75, 3.05) is 0 Å². The normalized spacial score (nSPS) is 15.0. The highest BCUT2D eigenvalue weighted by Crippen LogP contribution is 2.28. The highest BCUT2D eigenvalue weighted by molar-refractivity contribution is 9.10. The van der Waals surface area contributed by atoms with Crippen molar-refractivity contribution in [2.45, 2.75) is 20.3 Å². The molecule has 0 aromatic heterocycles. The van der Waals surface area contributed by atoms with Crippen LogP contribution in [-0.2, 0) is 14.3 Å². The van der Waals surface area contributed by atoms with E-state index in [2.05, 4.69) is 20.9 Å². The molecule has 0 amide bonds. The standard InChI is InChI=1S/C20H16BrNO4/c1-3-18(23)25-17-8-7-15(21)10-14(17)11-16-20(24)26-19(22-16)13-6-4-5-12(2)9-13/h4-11H,3H2,1-2H3/b16-11-. The second kappa shape index (κ2) is 7.66. The predicted octanol–water partition coefficient (Wildman–Crippen LogP) is 4.42. The van der Waals surface area contributed by atoms with E-state index < -0.39 is 5.97 Å². The highest BCUT2D eigenvalue weighted by Gasteiger charge is 2.24. The van der Waals surface area contributed by atoms with Gasteiger partial charge in [-0.1, -0.05) is 40.5 Å². The van der Waals surface area contributed by atoms with Gasteiger partial charge in [-0.2, -0.15) is 0 Å². The van der Waals surface area contributed by atoms with Crippen molar-refractivity contribution in [1.29, 1.82) is 0 Å². The van der Waals surface area contributed by atoms with Crippen LogP contribution in [0.25, 0.3) is 6.08 Å². The molecule has 3 rings (SSSR count). The summed E-state index contributed by atoms with van der Waals surface area (Å²) in [4.78, 5) is 28.1. The van der Waals surface area contributed by atoms with Crippen LogP contribution in [-0.4, -0.2) is 17.8 Å². The number of ether oxygens (including phenoxy) is 2. The summed E-state index contributed by atoms with van der Waals surface area (Å²) in [5.74, 6) is -0.286. The lowest BCUT2D eigenvalue weighted by Gasteiger charge is -2.07. The number of carbonyl (C=O) groups excluding carboxylic acids is 2. The molecule has 0 atom stereocenters. The molecule has 0 spiro atoms. The number of rotatable bonds is 4. The van der Waals surface area contributed by atoms with Gasteiger partial charge in [0.05, 0.1) is 0 Å². The van der Waals surface area contributed by atoms with Gasteiger partial charge >= 0.3 is 11.9 Å². The Hall–Kier alpha value is -2.73. The Bertz CT molecular complexity index is 947. The maximum Gasteiger partial charge on any atom is 0.363 e. The van der Waals surface area contributed by atoms with Crippen LogP contribution in [0.4, 0.5) is 0 Å². The second-order valence-corrected chi connectivity index (χ2v) is 6.63. The number of carbonyl (C=O) groups is 2. The summed E-state index contributed by atoms with van der Waals surface area (Å²) in [6, 6.07) is 12.7. The zero-order valence-electron chi connectivity index (χ0n) is 14.3. The zero-order valence-corrected chi connectivity index (χ0v) is 15.9. The Morgan fingerprint density at radius 3 is 2.81 bits per heavy atom. The van der Waals surface area contributed by atoms with E-state index >= 15 is 0 Å². The first kappa shape index (κ1) is 18.1. The van der Waals surface area contributed by atoms with E-state index in [1.54, 1.807) is 31.2 Å². The maximum atomic E-state index is 12.2. The third-order valence-electron chi connectivity index (χ3n) is 3.66. The maximum absolute atomic E-state index is 12.2. The number of aryl methyl sites for hydroxylation is 1. The predicted molar refractivity (Wildman–Crippen MR) is 102 cm³/mol. The van der Waals surface area contributed by atoms with E-state index in [0.29, 0.717) is 11.3 Å². The Balaban J connectivity index is 1.98. The minimum atomic E-state index is -0.547. The molecule has 0 unspecified atom stereocenters. The topological polar surface area (TPSA) is 65.0 Å². The van der Waals surface area contributed by atoms with Crippen LogP contribution < -0.4 is 4.74 Å². The summed E-state index contributed by atoms with van der Waals surface area (Å²) >= 11 is 3.38. The Labute approximate surface area is 159 Å². The molecule has 132 valence electrons. The fourth-order valence-corrected chi connectivity index (χ4v) is 2.76. The molecule has 0 radical (unpaired) electrons. The number of benzene rings is 2. The van der Waals surface area contributed by atoms with Crippen LogP contribution in [0.15, 0.2) is 57.6 Å². The van der Waals surface area contributed by atoms with Crippen molar-refractivity contribution in [2.24, 2.45) is 4.99 Å². The van der Waals surface area contributed by atoms with Gasteiger partial charge < -0.3 is 9.47 Å². The van der Waals surface area contributed by atoms with Crippen molar-refractivity contribution in [3.05, 3.63) is 69.3 Å². The largest absolute Gasteiger partial charge is 0.426 e. The molecule has 1 aliphatic heterocycles. The summed E-state index contributed by atoms with van der Waals surface area (Å²) in [6.45, 7) is 3.67. The van der Waals surface area contributed by atoms with E-state index in [0.717, 1.165) is 15.6 Å². The number of hydrogen-bond donors (Lipinski definition) is 0. The second-order valence-electron chi connectivity index (χ2n) is 5.72. The lowest BCUT2D eigenvalue weighted by molar-refractivity contribution is -0.134. The molecule has 2 aromatic carbocycles. The quantitative estimate of drug-likeness (QED) is 0.422. The van der Waals surface area contributed by atoms with E-state index in [9.17, 15) is 9.59 Å². The number of nitrogens with zero attached hydrogens (tertiary/aromatic N) is 1. The van der Waals surface area contributed by atoms with Gasteiger partial charge in [-0.05, 0) is 43.3 Å². The summed E-state index contributed by atoms with van der Waals surface area (Å²) in [5.41, 5.74) is 2.48. The number of cyclic esters (lactones) is 1. The first-order chi connectivity index (χ1) is 12.5. The van der Waals surface area contributed by atoms with Gasteiger partial charge in [0, 0.05) is 22.0 Å². The molecule has 0 bridgehead atoms. The van der Waals surface area contributed by atoms with Crippen molar-refractivity contribution in [3.63, 3.8) is 0 Å². The van der Waals surface area contributed by atoms with Gasteiger partial charge in [-0.3, -0.25) is 4.79 Å². The summed E-state index contributed by atoms with van der Waals surface area (Å²) < 4.78 is 11.4. The molecule has 6 heteroatoms. The molecule has 1 aliphatic rings. The molecule has 0 aliphatic carbocycles. The fourth-order valence-electron chi connectivity index (χ4n) is 2.38. The number of hydrogen-bond acceptors (Lipinski definition) is 5. The summed E-state index contributed by atoms with van der Waals surface area (Å²) in [5, 5.41) is 0. The minimum Gasteiger partial charge on any atom is -0.426 e. The average molecular weight is 414 g/mol. The lowest BCUT2D eigenvalue weighted by Crippen LogP contribution is -2.07. The molecule has 26 heavy (non-hydrogen) atoms. The van der Waals surface area contributed by atoms with Crippen LogP contribution in [0.3, 0.4) is 0 Å². The Morgan fingerprint density at radius 2 is 2.08 bits per heavy atom. The van der Waals surface area contributed by atoms with Crippen molar-refractivity contribution >= 4 is 39.8 Å². The number of halogens is 1. The third kappa shape index (κ3) is 4.08. The molecule has 5 nitrogen and oxygen atoms in total. The van der Waals surface area contributed by atoms with E-state index in [1.165, 1.54) is 0 Å². The van der Waals surface area contributed by atoms with Gasteiger partial charge in [-0.15, -0.1) is 0 Å². The van der Waals surface area contributed by atoms with Crippen LogP contribution in [0.5, 0.6) is 5.75 Å². The number of esters is 2. The Kier molecular flexibility index (Phi) is 5.32. The molecule has 0 N–H and O–H groups in total. The number of aliphatic imine (C=N–C) groups is 1. The summed E-state index contributed by atoms with van der Waals surface area (Å²) in [7, 11) is 0.